The van der Waals surface area contributed by atoms with Crippen LogP contribution in [0.5, 0.6) is 0 Å². The summed E-state index contributed by atoms with van der Waals surface area (Å²) in [5.41, 5.74) is 0.900. The molecule has 1 unspecified atom stereocenters. The van der Waals surface area contributed by atoms with Crippen LogP contribution >= 0.6 is 31.9 Å². The van der Waals surface area contributed by atoms with Crippen LogP contribution in [0.25, 0.3) is 0 Å². The Kier molecular flexibility index (Phi) is 6.89. The van der Waals surface area contributed by atoms with E-state index in [1.165, 1.54) is 0 Å². The third kappa shape index (κ3) is 4.37. The fourth-order valence-electron chi connectivity index (χ4n) is 1.54. The van der Waals surface area contributed by atoms with Crippen molar-refractivity contribution in [3.8, 4) is 0 Å². The molecule has 5 heteroatoms. The summed E-state index contributed by atoms with van der Waals surface area (Å²) in [6, 6.07) is 5.35. The van der Waals surface area contributed by atoms with Crippen LogP contribution in [-0.4, -0.2) is 19.1 Å². The maximum atomic E-state index is 11.9. The van der Waals surface area contributed by atoms with Gasteiger partial charge in [0.05, 0.1) is 6.61 Å². The lowest BCUT2D eigenvalue weighted by Gasteiger charge is -2.17. The summed E-state index contributed by atoms with van der Waals surface area (Å²) in [7, 11) is 0. The molecule has 0 aliphatic heterocycles. The van der Waals surface area contributed by atoms with Gasteiger partial charge < -0.3 is 10.1 Å². The van der Waals surface area contributed by atoms with Crippen LogP contribution in [-0.2, 0) is 9.53 Å². The van der Waals surface area contributed by atoms with Crippen molar-refractivity contribution < 1.29 is 9.53 Å². The highest BCUT2D eigenvalue weighted by atomic mass is 79.9. The third-order valence-corrected chi connectivity index (χ3v) is 4.28. The van der Waals surface area contributed by atoms with Gasteiger partial charge in [0.15, 0.2) is 0 Å². The fourth-order valence-corrected chi connectivity index (χ4v) is 2.19. The molecule has 0 aliphatic rings. The summed E-state index contributed by atoms with van der Waals surface area (Å²) in [4.78, 5) is 11.9. The summed E-state index contributed by atoms with van der Waals surface area (Å²) in [5.74, 6) is -0.236. The van der Waals surface area contributed by atoms with Crippen LogP contribution in [0.1, 0.15) is 31.9 Å². The van der Waals surface area contributed by atoms with Gasteiger partial charge in [0, 0.05) is 8.95 Å². The number of benzene rings is 1. The molecule has 1 aromatic carbocycles. The molecule has 0 radical (unpaired) electrons. The van der Waals surface area contributed by atoms with E-state index in [0.717, 1.165) is 27.5 Å². The summed E-state index contributed by atoms with van der Waals surface area (Å²) in [5, 5.41) is 3.21. The van der Waals surface area contributed by atoms with E-state index in [2.05, 4.69) is 44.1 Å². The number of nitrogens with one attached hydrogen (secondary N) is 1. The van der Waals surface area contributed by atoms with Crippen molar-refractivity contribution in [2.45, 2.75) is 26.3 Å². The molecule has 0 amide bonds. The predicted molar refractivity (Wildman–Crippen MR) is 79.5 cm³/mol. The normalized spacial score (nSPS) is 12.2. The monoisotopic (exact) mass is 377 g/mol. The number of carbonyl (C=O) groups excluding carboxylic acids is 1. The topological polar surface area (TPSA) is 38.3 Å². The molecule has 0 bridgehead atoms. The highest BCUT2D eigenvalue weighted by Gasteiger charge is 2.21. The van der Waals surface area contributed by atoms with E-state index in [0.29, 0.717) is 6.61 Å². The Morgan fingerprint density at radius 2 is 2.06 bits per heavy atom. The fraction of sp³-hybridized carbons (Fsp3) is 0.462. The number of ether oxygens (including phenoxy) is 1. The second-order valence-corrected chi connectivity index (χ2v) is 5.52. The largest absolute Gasteiger partial charge is 0.465 e. The Balaban J connectivity index is 2.93. The van der Waals surface area contributed by atoms with Crippen LogP contribution in [0.15, 0.2) is 27.1 Å². The first-order valence-corrected chi connectivity index (χ1v) is 7.53. The van der Waals surface area contributed by atoms with E-state index in [9.17, 15) is 4.79 Å². The van der Waals surface area contributed by atoms with Crippen LogP contribution in [0.4, 0.5) is 0 Å². The van der Waals surface area contributed by atoms with E-state index in [4.69, 9.17) is 4.74 Å². The molecule has 0 aliphatic carbocycles. The molecule has 3 nitrogen and oxygen atoms in total. The number of halogens is 2. The first-order chi connectivity index (χ1) is 8.60. The van der Waals surface area contributed by atoms with E-state index in [1.807, 2.05) is 25.1 Å². The molecule has 0 fully saturated rings. The molecular weight excluding hydrogens is 362 g/mol. The lowest BCUT2D eigenvalue weighted by atomic mass is 10.1. The van der Waals surface area contributed by atoms with Crippen LogP contribution in [0, 0.1) is 0 Å². The summed E-state index contributed by atoms with van der Waals surface area (Å²) >= 11 is 6.86. The second kappa shape index (κ2) is 7.92. The molecule has 0 heterocycles. The second-order valence-electron chi connectivity index (χ2n) is 3.81. The average molecular weight is 379 g/mol. The molecule has 0 saturated carbocycles. The van der Waals surface area contributed by atoms with Crippen molar-refractivity contribution in [2.24, 2.45) is 0 Å². The lowest BCUT2D eigenvalue weighted by Crippen LogP contribution is -2.30. The minimum Gasteiger partial charge on any atom is -0.465 e. The molecule has 1 aromatic rings. The summed E-state index contributed by atoms with van der Waals surface area (Å²) < 4.78 is 6.98. The lowest BCUT2D eigenvalue weighted by molar-refractivity contribution is -0.145. The molecule has 1 N–H and O–H groups in total. The van der Waals surface area contributed by atoms with Crippen LogP contribution in [0.2, 0.25) is 0 Å². The standard InChI is InChI=1S/C13H17Br2NO2/c1-3-7-16-12(13(17)18-4-2)9-5-6-10(14)11(15)8-9/h5-6,8,12,16H,3-4,7H2,1-2H3. The maximum absolute atomic E-state index is 11.9. The van der Waals surface area contributed by atoms with Crippen molar-refractivity contribution in [1.29, 1.82) is 0 Å². The Morgan fingerprint density at radius 1 is 1.33 bits per heavy atom. The third-order valence-electron chi connectivity index (χ3n) is 2.40. The van der Waals surface area contributed by atoms with Gasteiger partial charge in [0.25, 0.3) is 0 Å². The molecule has 100 valence electrons. The van der Waals surface area contributed by atoms with Gasteiger partial charge in [-0.1, -0.05) is 13.0 Å². The smallest absolute Gasteiger partial charge is 0.327 e. The first kappa shape index (κ1) is 15.7. The average Bonchev–Trinajstić information content (AvgIpc) is 2.34. The van der Waals surface area contributed by atoms with Crippen molar-refractivity contribution in [3.63, 3.8) is 0 Å². The van der Waals surface area contributed by atoms with Crippen molar-refractivity contribution in [2.75, 3.05) is 13.2 Å². The minimum atomic E-state index is -0.408. The molecule has 0 aromatic heterocycles. The van der Waals surface area contributed by atoms with Gasteiger partial charge in [-0.2, -0.15) is 0 Å². The van der Waals surface area contributed by atoms with Gasteiger partial charge in [-0.25, -0.2) is 4.79 Å². The Hall–Kier alpha value is -0.390. The molecule has 0 spiro atoms. The Morgan fingerprint density at radius 3 is 2.61 bits per heavy atom. The highest BCUT2D eigenvalue weighted by molar-refractivity contribution is 9.13. The van der Waals surface area contributed by atoms with Gasteiger partial charge in [0.1, 0.15) is 6.04 Å². The van der Waals surface area contributed by atoms with Gasteiger partial charge in [-0.15, -0.1) is 0 Å². The quantitative estimate of drug-likeness (QED) is 0.764. The first-order valence-electron chi connectivity index (χ1n) is 5.95. The van der Waals surface area contributed by atoms with Gasteiger partial charge in [-0.3, -0.25) is 0 Å². The molecule has 1 atom stereocenters. The van der Waals surface area contributed by atoms with E-state index < -0.39 is 6.04 Å². The number of hydrogen-bond acceptors (Lipinski definition) is 3. The van der Waals surface area contributed by atoms with E-state index in [-0.39, 0.29) is 5.97 Å². The Labute approximate surface area is 125 Å². The number of hydrogen-bond donors (Lipinski definition) is 1. The predicted octanol–water partition coefficient (Wildman–Crippen LogP) is 3.82. The maximum Gasteiger partial charge on any atom is 0.327 e. The zero-order chi connectivity index (χ0) is 13.5. The van der Waals surface area contributed by atoms with E-state index >= 15 is 0 Å². The van der Waals surface area contributed by atoms with Crippen molar-refractivity contribution >= 4 is 37.8 Å². The summed E-state index contributed by atoms with van der Waals surface area (Å²) in [6.45, 7) is 5.04. The minimum absolute atomic E-state index is 0.236. The molecule has 18 heavy (non-hydrogen) atoms. The van der Waals surface area contributed by atoms with Gasteiger partial charge >= 0.3 is 5.97 Å². The van der Waals surface area contributed by atoms with Crippen LogP contribution in [0.3, 0.4) is 0 Å². The van der Waals surface area contributed by atoms with Crippen LogP contribution < -0.4 is 5.32 Å². The zero-order valence-corrected chi connectivity index (χ0v) is 13.7. The number of rotatable bonds is 6. The molecule has 1 rings (SSSR count). The number of esters is 1. The van der Waals surface area contributed by atoms with Gasteiger partial charge in [-0.05, 0) is 69.4 Å². The van der Waals surface area contributed by atoms with Gasteiger partial charge in [0.2, 0.25) is 0 Å². The molecular formula is C13H17Br2NO2. The highest BCUT2D eigenvalue weighted by Crippen LogP contribution is 2.27. The summed E-state index contributed by atoms with van der Waals surface area (Å²) in [6.07, 6.45) is 0.966. The Bertz CT molecular complexity index is 410. The van der Waals surface area contributed by atoms with Crippen molar-refractivity contribution in [3.05, 3.63) is 32.7 Å². The van der Waals surface area contributed by atoms with Crippen molar-refractivity contribution in [1.82, 2.24) is 5.32 Å². The number of carbonyl (C=O) groups is 1. The molecule has 0 saturated heterocycles. The van der Waals surface area contributed by atoms with E-state index in [1.54, 1.807) is 0 Å². The SMILES string of the molecule is CCCNC(C(=O)OCC)c1ccc(Br)c(Br)c1. The zero-order valence-electron chi connectivity index (χ0n) is 10.5.